The predicted octanol–water partition coefficient (Wildman–Crippen LogP) is 3.38. The molecule has 1 aromatic rings. The Balaban J connectivity index is 1.99. The quantitative estimate of drug-likeness (QED) is 0.798. The normalized spacial score (nSPS) is 16.5. The van der Waals surface area contributed by atoms with Crippen molar-refractivity contribution in [3.05, 3.63) is 29.6 Å². The van der Waals surface area contributed by atoms with Gasteiger partial charge >= 0.3 is 0 Å². The van der Waals surface area contributed by atoms with E-state index in [1.54, 1.807) is 12.1 Å². The van der Waals surface area contributed by atoms with Crippen LogP contribution >= 0.6 is 0 Å². The Morgan fingerprint density at radius 3 is 2.67 bits per heavy atom. The molecule has 0 radical (unpaired) electrons. The number of nitrogens with zero attached hydrogens (tertiary/aromatic N) is 1. The molecular formula is C17H26FNO2. The number of ether oxygens (including phenoxy) is 1. The minimum atomic E-state index is -0.824. The molecule has 21 heavy (non-hydrogen) atoms. The molecule has 1 atom stereocenters. The van der Waals surface area contributed by atoms with Crippen LogP contribution in [-0.4, -0.2) is 36.2 Å². The van der Waals surface area contributed by atoms with E-state index in [2.05, 4.69) is 18.7 Å². The SMILES string of the molecule is COc1cccc(F)c1C(O)CCN(CC(C)C)C1CC1. The van der Waals surface area contributed by atoms with Crippen molar-refractivity contribution in [3.63, 3.8) is 0 Å². The van der Waals surface area contributed by atoms with Gasteiger partial charge in [-0.3, -0.25) is 0 Å². The molecule has 1 unspecified atom stereocenters. The van der Waals surface area contributed by atoms with Crippen LogP contribution in [0.1, 0.15) is 44.8 Å². The fraction of sp³-hybridized carbons (Fsp3) is 0.647. The molecule has 0 amide bonds. The summed E-state index contributed by atoms with van der Waals surface area (Å²) in [6.45, 7) is 6.23. The molecule has 1 aromatic carbocycles. The van der Waals surface area contributed by atoms with Crippen molar-refractivity contribution in [2.75, 3.05) is 20.2 Å². The summed E-state index contributed by atoms with van der Waals surface area (Å²) in [7, 11) is 1.50. The molecule has 1 aliphatic carbocycles. The third-order valence-electron chi connectivity index (χ3n) is 3.92. The highest BCUT2D eigenvalue weighted by Crippen LogP contribution is 2.32. The summed E-state index contributed by atoms with van der Waals surface area (Å²) in [5.74, 6) is 0.624. The summed E-state index contributed by atoms with van der Waals surface area (Å²) >= 11 is 0. The number of benzene rings is 1. The summed E-state index contributed by atoms with van der Waals surface area (Å²) < 4.78 is 19.1. The van der Waals surface area contributed by atoms with Crippen LogP contribution < -0.4 is 4.74 Å². The monoisotopic (exact) mass is 295 g/mol. The molecule has 1 aliphatic rings. The number of halogens is 1. The highest BCUT2D eigenvalue weighted by Gasteiger charge is 2.30. The molecule has 3 nitrogen and oxygen atoms in total. The van der Waals surface area contributed by atoms with E-state index in [9.17, 15) is 9.50 Å². The molecule has 0 spiro atoms. The average Bonchev–Trinajstić information content (AvgIpc) is 3.26. The molecule has 0 aromatic heterocycles. The van der Waals surface area contributed by atoms with Gasteiger partial charge < -0.3 is 14.7 Å². The van der Waals surface area contributed by atoms with Gasteiger partial charge in [0.2, 0.25) is 0 Å². The van der Waals surface area contributed by atoms with Gasteiger partial charge in [-0.1, -0.05) is 19.9 Å². The molecule has 0 aliphatic heterocycles. The first-order valence-corrected chi connectivity index (χ1v) is 7.77. The van der Waals surface area contributed by atoms with Crippen molar-refractivity contribution in [2.24, 2.45) is 5.92 Å². The van der Waals surface area contributed by atoms with Crippen LogP contribution in [0.2, 0.25) is 0 Å². The highest BCUT2D eigenvalue weighted by atomic mass is 19.1. The highest BCUT2D eigenvalue weighted by molar-refractivity contribution is 5.36. The van der Waals surface area contributed by atoms with E-state index in [4.69, 9.17) is 4.74 Å². The van der Waals surface area contributed by atoms with Gasteiger partial charge in [0, 0.05) is 19.1 Å². The summed E-state index contributed by atoms with van der Waals surface area (Å²) in [5, 5.41) is 10.4. The van der Waals surface area contributed by atoms with Gasteiger partial charge in [-0.05, 0) is 37.3 Å². The van der Waals surface area contributed by atoms with Crippen molar-refractivity contribution in [1.82, 2.24) is 4.90 Å². The van der Waals surface area contributed by atoms with Crippen LogP contribution in [0.5, 0.6) is 5.75 Å². The van der Waals surface area contributed by atoms with Crippen LogP contribution in [0.3, 0.4) is 0 Å². The van der Waals surface area contributed by atoms with Crippen molar-refractivity contribution in [1.29, 1.82) is 0 Å². The van der Waals surface area contributed by atoms with Gasteiger partial charge in [-0.2, -0.15) is 0 Å². The minimum absolute atomic E-state index is 0.278. The van der Waals surface area contributed by atoms with Gasteiger partial charge in [0.1, 0.15) is 11.6 Å². The van der Waals surface area contributed by atoms with Crippen molar-refractivity contribution in [3.8, 4) is 5.75 Å². The van der Waals surface area contributed by atoms with E-state index in [-0.39, 0.29) is 5.56 Å². The van der Waals surface area contributed by atoms with E-state index in [1.807, 2.05) is 0 Å². The Kier molecular flexibility index (Phi) is 5.59. The zero-order valence-corrected chi connectivity index (χ0v) is 13.2. The zero-order valence-electron chi connectivity index (χ0n) is 13.2. The van der Waals surface area contributed by atoms with E-state index in [0.29, 0.717) is 24.1 Å². The van der Waals surface area contributed by atoms with E-state index in [1.165, 1.54) is 26.0 Å². The van der Waals surface area contributed by atoms with E-state index >= 15 is 0 Å². The number of hydrogen-bond donors (Lipinski definition) is 1. The average molecular weight is 295 g/mol. The first-order valence-electron chi connectivity index (χ1n) is 7.77. The molecule has 0 heterocycles. The van der Waals surface area contributed by atoms with Gasteiger partial charge in [0.25, 0.3) is 0 Å². The second-order valence-corrected chi connectivity index (χ2v) is 6.28. The van der Waals surface area contributed by atoms with Crippen molar-refractivity contribution in [2.45, 2.75) is 45.3 Å². The topological polar surface area (TPSA) is 32.7 Å². The van der Waals surface area contributed by atoms with Gasteiger partial charge in [0.05, 0.1) is 18.8 Å². The summed E-state index contributed by atoms with van der Waals surface area (Å²) in [4.78, 5) is 2.42. The molecule has 118 valence electrons. The smallest absolute Gasteiger partial charge is 0.132 e. The summed E-state index contributed by atoms with van der Waals surface area (Å²) in [5.41, 5.74) is 0.278. The Morgan fingerprint density at radius 1 is 1.38 bits per heavy atom. The number of aliphatic hydroxyl groups excluding tert-OH is 1. The van der Waals surface area contributed by atoms with Crippen LogP contribution in [0.4, 0.5) is 4.39 Å². The molecule has 1 fully saturated rings. The second-order valence-electron chi connectivity index (χ2n) is 6.28. The maximum Gasteiger partial charge on any atom is 0.132 e. The number of rotatable bonds is 8. The molecule has 1 saturated carbocycles. The maximum absolute atomic E-state index is 13.9. The first kappa shape index (κ1) is 16.2. The summed E-state index contributed by atoms with van der Waals surface area (Å²) in [6, 6.07) is 5.31. The molecule has 1 N–H and O–H groups in total. The fourth-order valence-electron chi connectivity index (χ4n) is 2.78. The molecule has 0 saturated heterocycles. The lowest BCUT2D eigenvalue weighted by molar-refractivity contribution is 0.128. The van der Waals surface area contributed by atoms with Crippen molar-refractivity contribution < 1.29 is 14.2 Å². The molecule has 2 rings (SSSR count). The Hall–Kier alpha value is -1.13. The lowest BCUT2D eigenvalue weighted by Crippen LogP contribution is -2.31. The molecule has 0 bridgehead atoms. The Morgan fingerprint density at radius 2 is 2.10 bits per heavy atom. The third-order valence-corrected chi connectivity index (χ3v) is 3.92. The van der Waals surface area contributed by atoms with Gasteiger partial charge in [0.15, 0.2) is 0 Å². The lowest BCUT2D eigenvalue weighted by atomic mass is 10.0. The largest absolute Gasteiger partial charge is 0.496 e. The first-order chi connectivity index (χ1) is 10.0. The van der Waals surface area contributed by atoms with Crippen LogP contribution in [0.25, 0.3) is 0 Å². The number of hydrogen-bond acceptors (Lipinski definition) is 3. The maximum atomic E-state index is 13.9. The Bertz CT molecular complexity index is 460. The lowest BCUT2D eigenvalue weighted by Gasteiger charge is -2.25. The minimum Gasteiger partial charge on any atom is -0.496 e. The molecule has 4 heteroatoms. The van der Waals surface area contributed by atoms with Gasteiger partial charge in [-0.15, -0.1) is 0 Å². The van der Waals surface area contributed by atoms with E-state index in [0.717, 1.165) is 13.1 Å². The third kappa shape index (κ3) is 4.42. The van der Waals surface area contributed by atoms with E-state index < -0.39 is 11.9 Å². The molecular weight excluding hydrogens is 269 g/mol. The van der Waals surface area contributed by atoms with Crippen molar-refractivity contribution >= 4 is 0 Å². The van der Waals surface area contributed by atoms with Crippen LogP contribution in [0.15, 0.2) is 18.2 Å². The van der Waals surface area contributed by atoms with Crippen LogP contribution in [-0.2, 0) is 0 Å². The predicted molar refractivity (Wildman–Crippen MR) is 82.0 cm³/mol. The number of methoxy groups -OCH3 is 1. The standard InChI is InChI=1S/C17H26FNO2/c1-12(2)11-19(13-7-8-13)10-9-15(20)17-14(18)5-4-6-16(17)21-3/h4-6,12-13,15,20H,7-11H2,1-3H3. The van der Waals surface area contributed by atoms with Gasteiger partial charge in [-0.25, -0.2) is 4.39 Å². The number of aliphatic hydroxyl groups is 1. The summed E-state index contributed by atoms with van der Waals surface area (Å²) in [6.07, 6.45) is 2.19. The zero-order chi connectivity index (χ0) is 15.4. The second kappa shape index (κ2) is 7.23. The fourth-order valence-corrected chi connectivity index (χ4v) is 2.78. The van der Waals surface area contributed by atoms with Crippen LogP contribution in [0, 0.1) is 11.7 Å². The Labute approximate surface area is 126 Å².